The van der Waals surface area contributed by atoms with Gasteiger partial charge in [0.25, 0.3) is 0 Å². The molecule has 1 aromatic carbocycles. The molecule has 1 heterocycles. The van der Waals surface area contributed by atoms with Gasteiger partial charge in [0.15, 0.2) is 0 Å². The summed E-state index contributed by atoms with van der Waals surface area (Å²) in [5.74, 6) is -0.279. The number of carboxylic acid groups (broad SMARTS) is 1. The molecule has 2 rings (SSSR count). The lowest BCUT2D eigenvalue weighted by molar-refractivity contribution is -0.137. The summed E-state index contributed by atoms with van der Waals surface area (Å²) in [6, 6.07) is 7.94. The van der Waals surface area contributed by atoms with E-state index >= 15 is 0 Å². The molecule has 0 atom stereocenters. The summed E-state index contributed by atoms with van der Waals surface area (Å²) in [4.78, 5) is 10.2. The first-order valence-electron chi connectivity index (χ1n) is 6.18. The predicted octanol–water partition coefficient (Wildman–Crippen LogP) is 3.10. The Labute approximate surface area is 107 Å². The fraction of sp³-hybridized carbons (Fsp3) is 0.500. The van der Waals surface area contributed by atoms with Gasteiger partial charge in [-0.15, -0.1) is 0 Å². The maximum Gasteiger partial charge on any atom is 0.303 e. The molecule has 0 aliphatic carbocycles. The molecule has 18 heavy (non-hydrogen) atoms. The van der Waals surface area contributed by atoms with Crippen molar-refractivity contribution < 1.29 is 19.0 Å². The van der Waals surface area contributed by atoms with Crippen LogP contribution in [0.25, 0.3) is 0 Å². The van der Waals surface area contributed by atoms with Gasteiger partial charge in [0.1, 0.15) is 5.82 Å². The molecule has 1 aliphatic heterocycles. The van der Waals surface area contributed by atoms with Crippen molar-refractivity contribution in [2.24, 2.45) is 5.92 Å². The smallest absolute Gasteiger partial charge is 0.303 e. The van der Waals surface area contributed by atoms with E-state index in [2.05, 4.69) is 0 Å². The molecule has 1 aromatic rings. The van der Waals surface area contributed by atoms with Gasteiger partial charge >= 0.3 is 5.97 Å². The molecule has 0 unspecified atom stereocenters. The zero-order valence-electron chi connectivity index (χ0n) is 10.3. The van der Waals surface area contributed by atoms with Crippen LogP contribution in [0, 0.1) is 11.7 Å². The second-order valence-corrected chi connectivity index (χ2v) is 4.28. The summed E-state index contributed by atoms with van der Waals surface area (Å²) in [7, 11) is 0. The molecule has 0 spiro atoms. The minimum absolute atomic E-state index is 0.178. The van der Waals surface area contributed by atoms with Gasteiger partial charge in [-0.1, -0.05) is 18.2 Å². The van der Waals surface area contributed by atoms with Gasteiger partial charge in [-0.2, -0.15) is 0 Å². The third-order valence-electron chi connectivity index (χ3n) is 2.84. The number of rotatable bonds is 3. The third kappa shape index (κ3) is 7.01. The lowest BCUT2D eigenvalue weighted by Gasteiger charge is -2.20. The SMILES string of the molecule is Fc1ccccc1.O=C(O)CCC1CCOCC1. The van der Waals surface area contributed by atoms with Crippen molar-refractivity contribution in [3.05, 3.63) is 36.1 Å². The molecule has 0 bridgehead atoms. The van der Waals surface area contributed by atoms with Crippen molar-refractivity contribution in [3.8, 4) is 0 Å². The summed E-state index contributed by atoms with van der Waals surface area (Å²) in [5, 5.41) is 8.41. The Morgan fingerprint density at radius 3 is 2.33 bits per heavy atom. The maximum atomic E-state index is 11.9. The van der Waals surface area contributed by atoms with E-state index in [4.69, 9.17) is 9.84 Å². The van der Waals surface area contributed by atoms with E-state index in [1.165, 1.54) is 12.1 Å². The Morgan fingerprint density at radius 1 is 1.28 bits per heavy atom. The minimum Gasteiger partial charge on any atom is -0.481 e. The Balaban J connectivity index is 0.000000199. The first-order chi connectivity index (χ1) is 8.68. The molecule has 100 valence electrons. The highest BCUT2D eigenvalue weighted by Gasteiger charge is 2.14. The molecule has 0 radical (unpaired) electrons. The predicted molar refractivity (Wildman–Crippen MR) is 66.8 cm³/mol. The first kappa shape index (κ1) is 14.6. The summed E-state index contributed by atoms with van der Waals surface area (Å²) >= 11 is 0. The quantitative estimate of drug-likeness (QED) is 0.901. The van der Waals surface area contributed by atoms with E-state index < -0.39 is 5.97 Å². The summed E-state index contributed by atoms with van der Waals surface area (Å²) in [6.07, 6.45) is 3.20. The van der Waals surface area contributed by atoms with Crippen molar-refractivity contribution in [3.63, 3.8) is 0 Å². The van der Waals surface area contributed by atoms with Gasteiger partial charge in [-0.05, 0) is 37.3 Å². The van der Waals surface area contributed by atoms with E-state index in [1.807, 2.05) is 0 Å². The lowest BCUT2D eigenvalue weighted by atomic mass is 9.95. The Bertz CT molecular complexity index is 334. The maximum absolute atomic E-state index is 11.9. The molecule has 0 saturated carbocycles. The van der Waals surface area contributed by atoms with Gasteiger partial charge in [-0.25, -0.2) is 4.39 Å². The monoisotopic (exact) mass is 254 g/mol. The summed E-state index contributed by atoms with van der Waals surface area (Å²) in [6.45, 7) is 1.62. The van der Waals surface area contributed by atoms with Crippen LogP contribution in [0.2, 0.25) is 0 Å². The number of benzene rings is 1. The third-order valence-corrected chi connectivity index (χ3v) is 2.84. The van der Waals surface area contributed by atoms with Crippen LogP contribution in [0.5, 0.6) is 0 Å². The molecule has 3 nitrogen and oxygen atoms in total. The molecular weight excluding hydrogens is 235 g/mol. The molecular formula is C14H19FO3. The Hall–Kier alpha value is -1.42. The van der Waals surface area contributed by atoms with Crippen molar-refractivity contribution in [1.82, 2.24) is 0 Å². The molecule has 1 aliphatic rings. The molecule has 1 N–H and O–H groups in total. The molecule has 1 fully saturated rings. The van der Waals surface area contributed by atoms with Crippen molar-refractivity contribution in [2.45, 2.75) is 25.7 Å². The van der Waals surface area contributed by atoms with Crippen molar-refractivity contribution in [2.75, 3.05) is 13.2 Å². The van der Waals surface area contributed by atoms with Gasteiger partial charge in [0.05, 0.1) is 0 Å². The number of ether oxygens (including phenoxy) is 1. The average Bonchev–Trinajstić information content (AvgIpc) is 2.39. The fourth-order valence-electron chi connectivity index (χ4n) is 1.78. The number of halogens is 1. The molecule has 4 heteroatoms. The van der Waals surface area contributed by atoms with E-state index in [0.29, 0.717) is 12.3 Å². The minimum atomic E-state index is -0.684. The van der Waals surface area contributed by atoms with E-state index in [-0.39, 0.29) is 5.82 Å². The van der Waals surface area contributed by atoms with Crippen LogP contribution in [0.15, 0.2) is 30.3 Å². The Morgan fingerprint density at radius 2 is 1.89 bits per heavy atom. The second-order valence-electron chi connectivity index (χ2n) is 4.28. The molecule has 0 amide bonds. The van der Waals surface area contributed by atoms with Crippen LogP contribution in [0.4, 0.5) is 4.39 Å². The molecule has 0 aromatic heterocycles. The number of hydrogen-bond donors (Lipinski definition) is 1. The fourth-order valence-corrected chi connectivity index (χ4v) is 1.78. The Kier molecular flexibility index (Phi) is 7.03. The first-order valence-corrected chi connectivity index (χ1v) is 6.18. The highest BCUT2D eigenvalue weighted by atomic mass is 19.1. The normalized spacial score (nSPS) is 15.6. The average molecular weight is 254 g/mol. The summed E-state index contributed by atoms with van der Waals surface area (Å²) < 4.78 is 17.1. The van der Waals surface area contributed by atoms with E-state index in [0.717, 1.165) is 32.5 Å². The highest BCUT2D eigenvalue weighted by Crippen LogP contribution is 2.19. The van der Waals surface area contributed by atoms with Crippen LogP contribution in [-0.4, -0.2) is 24.3 Å². The standard InChI is InChI=1S/C8H14O3.C6H5F/c9-8(10)2-1-7-3-5-11-6-4-7;7-6-4-2-1-3-5-6/h7H,1-6H2,(H,9,10);1-5H. The van der Waals surface area contributed by atoms with E-state index in [1.54, 1.807) is 18.2 Å². The van der Waals surface area contributed by atoms with Gasteiger partial charge < -0.3 is 9.84 Å². The zero-order chi connectivity index (χ0) is 13.2. The van der Waals surface area contributed by atoms with Crippen molar-refractivity contribution >= 4 is 5.97 Å². The zero-order valence-corrected chi connectivity index (χ0v) is 10.3. The number of hydrogen-bond acceptors (Lipinski definition) is 2. The lowest BCUT2D eigenvalue weighted by Crippen LogP contribution is -2.16. The van der Waals surface area contributed by atoms with Gasteiger partial charge in [0.2, 0.25) is 0 Å². The van der Waals surface area contributed by atoms with Crippen LogP contribution < -0.4 is 0 Å². The van der Waals surface area contributed by atoms with Gasteiger partial charge in [0, 0.05) is 19.6 Å². The largest absolute Gasteiger partial charge is 0.481 e. The van der Waals surface area contributed by atoms with Crippen molar-refractivity contribution in [1.29, 1.82) is 0 Å². The van der Waals surface area contributed by atoms with Gasteiger partial charge in [-0.3, -0.25) is 4.79 Å². The van der Waals surface area contributed by atoms with Crippen LogP contribution in [-0.2, 0) is 9.53 Å². The number of carboxylic acids is 1. The molecule has 1 saturated heterocycles. The highest BCUT2D eigenvalue weighted by molar-refractivity contribution is 5.66. The second kappa shape index (κ2) is 8.64. The van der Waals surface area contributed by atoms with E-state index in [9.17, 15) is 9.18 Å². The topological polar surface area (TPSA) is 46.5 Å². The van der Waals surface area contributed by atoms with Crippen LogP contribution in [0.1, 0.15) is 25.7 Å². The number of carbonyl (C=O) groups is 1. The van der Waals surface area contributed by atoms with Crippen LogP contribution >= 0.6 is 0 Å². The summed E-state index contributed by atoms with van der Waals surface area (Å²) in [5.41, 5.74) is 0. The number of aliphatic carboxylic acids is 1. The van der Waals surface area contributed by atoms with Crippen LogP contribution in [0.3, 0.4) is 0 Å².